The van der Waals surface area contributed by atoms with Crippen molar-refractivity contribution in [2.75, 3.05) is 0 Å². The minimum atomic E-state index is -1.53. The Hall–Kier alpha value is -2.37. The van der Waals surface area contributed by atoms with Crippen molar-refractivity contribution >= 4 is 11.9 Å². The molecule has 1 aromatic carbocycles. The van der Waals surface area contributed by atoms with E-state index >= 15 is 0 Å². The quantitative estimate of drug-likeness (QED) is 0.494. The van der Waals surface area contributed by atoms with Gasteiger partial charge in [0.15, 0.2) is 23.2 Å². The molecule has 6 heteroatoms. The third kappa shape index (κ3) is 2.89. The van der Waals surface area contributed by atoms with Crippen molar-refractivity contribution in [3.05, 3.63) is 58.2 Å². The molecule has 0 saturated heterocycles. The topological polar surface area (TPSA) is 34.9 Å². The van der Waals surface area contributed by atoms with E-state index in [1.54, 1.807) is 25.6 Å². The van der Waals surface area contributed by atoms with E-state index in [0.29, 0.717) is 17.0 Å². The van der Waals surface area contributed by atoms with Crippen LogP contribution in [0.15, 0.2) is 18.2 Å². The molecule has 0 spiro atoms. The van der Waals surface area contributed by atoms with Crippen LogP contribution in [0.2, 0.25) is 0 Å². The van der Waals surface area contributed by atoms with Gasteiger partial charge in [-0.15, -0.1) is 0 Å². The average molecular weight is 294 g/mol. The fraction of sp³-hybridized carbons (Fsp3) is 0.200. The smallest absolute Gasteiger partial charge is 0.194 e. The molecule has 2 rings (SSSR count). The zero-order valence-corrected chi connectivity index (χ0v) is 11.7. The number of ketones is 1. The number of benzene rings is 1. The first kappa shape index (κ1) is 15.0. The number of carbonyl (C=O) groups is 1. The molecule has 3 nitrogen and oxygen atoms in total. The summed E-state index contributed by atoms with van der Waals surface area (Å²) < 4.78 is 40.6. The van der Waals surface area contributed by atoms with Crippen LogP contribution in [0.25, 0.3) is 6.08 Å². The number of aromatic nitrogens is 2. The number of halogens is 3. The van der Waals surface area contributed by atoms with Crippen molar-refractivity contribution in [3.8, 4) is 0 Å². The summed E-state index contributed by atoms with van der Waals surface area (Å²) in [5.41, 5.74) is 1.77. The number of carbonyl (C=O) groups excluding carboxylic acids is 1. The molecule has 2 aromatic rings. The summed E-state index contributed by atoms with van der Waals surface area (Å²) in [7, 11) is 1.72. The van der Waals surface area contributed by atoms with Gasteiger partial charge in [-0.1, -0.05) is 6.08 Å². The molecule has 1 aromatic heterocycles. The standard InChI is InChI=1S/C15H13F3N2O/c1-8-14(9(2)20(3)19-8)13(21)5-4-10-6-11(16)15(18)12(17)7-10/h4-7H,1-3H3/b5-4+. The molecule has 0 bridgehead atoms. The molecule has 0 radical (unpaired) electrons. The van der Waals surface area contributed by atoms with Gasteiger partial charge >= 0.3 is 0 Å². The summed E-state index contributed by atoms with van der Waals surface area (Å²) >= 11 is 0. The molecule has 0 unspecified atom stereocenters. The molecular weight excluding hydrogens is 281 g/mol. The van der Waals surface area contributed by atoms with Crippen LogP contribution in [0.1, 0.15) is 27.3 Å². The van der Waals surface area contributed by atoms with Crippen molar-refractivity contribution in [1.29, 1.82) is 0 Å². The molecule has 1 heterocycles. The van der Waals surface area contributed by atoms with Crippen molar-refractivity contribution in [1.82, 2.24) is 9.78 Å². The monoisotopic (exact) mass is 294 g/mol. The van der Waals surface area contributed by atoms with Crippen LogP contribution in [0, 0.1) is 31.3 Å². The zero-order chi connectivity index (χ0) is 15.7. The van der Waals surface area contributed by atoms with Gasteiger partial charge in [0.1, 0.15) is 0 Å². The van der Waals surface area contributed by atoms with Gasteiger partial charge in [0.05, 0.1) is 11.3 Å². The highest BCUT2D eigenvalue weighted by Gasteiger charge is 2.15. The Balaban J connectivity index is 2.31. The summed E-state index contributed by atoms with van der Waals surface area (Å²) in [6.07, 6.45) is 2.42. The third-order valence-electron chi connectivity index (χ3n) is 3.19. The molecule has 110 valence electrons. The Kier molecular flexibility index (Phi) is 3.97. The van der Waals surface area contributed by atoms with Gasteiger partial charge in [-0.3, -0.25) is 9.48 Å². The zero-order valence-electron chi connectivity index (χ0n) is 11.7. The maximum Gasteiger partial charge on any atom is 0.194 e. The highest BCUT2D eigenvalue weighted by Crippen LogP contribution is 2.17. The number of aryl methyl sites for hydroxylation is 2. The van der Waals surface area contributed by atoms with Gasteiger partial charge in [-0.25, -0.2) is 13.2 Å². The predicted octanol–water partition coefficient (Wildman–Crippen LogP) is 3.35. The molecule has 0 aliphatic heterocycles. The van der Waals surface area contributed by atoms with E-state index in [1.807, 2.05) is 0 Å². The van der Waals surface area contributed by atoms with Gasteiger partial charge in [0.2, 0.25) is 0 Å². The number of rotatable bonds is 3. The lowest BCUT2D eigenvalue weighted by Gasteiger charge is -1.99. The highest BCUT2D eigenvalue weighted by molar-refractivity contribution is 6.08. The molecule has 0 amide bonds. The van der Waals surface area contributed by atoms with E-state index in [4.69, 9.17) is 0 Å². The lowest BCUT2D eigenvalue weighted by atomic mass is 10.1. The molecule has 0 aliphatic rings. The largest absolute Gasteiger partial charge is 0.289 e. The van der Waals surface area contributed by atoms with Crippen molar-refractivity contribution in [3.63, 3.8) is 0 Å². The number of nitrogens with zero attached hydrogens (tertiary/aromatic N) is 2. The van der Waals surface area contributed by atoms with Gasteiger partial charge in [0, 0.05) is 12.7 Å². The van der Waals surface area contributed by atoms with Crippen molar-refractivity contribution in [2.24, 2.45) is 7.05 Å². The Morgan fingerprint density at radius 1 is 1.19 bits per heavy atom. The molecule has 0 N–H and O–H groups in total. The Morgan fingerprint density at radius 3 is 2.24 bits per heavy atom. The van der Waals surface area contributed by atoms with Crippen molar-refractivity contribution < 1.29 is 18.0 Å². The second-order valence-electron chi connectivity index (χ2n) is 4.67. The maximum atomic E-state index is 13.1. The van der Waals surface area contributed by atoms with E-state index < -0.39 is 17.5 Å². The predicted molar refractivity (Wildman–Crippen MR) is 72.4 cm³/mol. The Labute approximate surface area is 119 Å². The SMILES string of the molecule is Cc1nn(C)c(C)c1C(=O)/C=C/c1cc(F)c(F)c(F)c1. The first-order valence-electron chi connectivity index (χ1n) is 6.18. The van der Waals surface area contributed by atoms with Gasteiger partial charge in [0.25, 0.3) is 0 Å². The first-order chi connectivity index (χ1) is 9.81. The summed E-state index contributed by atoms with van der Waals surface area (Å²) in [6, 6.07) is 1.65. The molecule has 0 aliphatic carbocycles. The van der Waals surface area contributed by atoms with Crippen LogP contribution in [-0.4, -0.2) is 15.6 Å². The summed E-state index contributed by atoms with van der Waals surface area (Å²) in [6.45, 7) is 3.45. The Bertz CT molecular complexity index is 725. The van der Waals surface area contributed by atoms with Crippen LogP contribution in [0.4, 0.5) is 13.2 Å². The fourth-order valence-corrected chi connectivity index (χ4v) is 2.06. The van der Waals surface area contributed by atoms with Crippen molar-refractivity contribution in [2.45, 2.75) is 13.8 Å². The van der Waals surface area contributed by atoms with Crippen LogP contribution in [0.3, 0.4) is 0 Å². The normalized spacial score (nSPS) is 11.3. The number of allylic oxidation sites excluding steroid dienone is 1. The van der Waals surface area contributed by atoms with Gasteiger partial charge in [-0.05, 0) is 37.6 Å². The fourth-order valence-electron chi connectivity index (χ4n) is 2.06. The lowest BCUT2D eigenvalue weighted by Crippen LogP contribution is -1.99. The maximum absolute atomic E-state index is 13.1. The van der Waals surface area contributed by atoms with Crippen LogP contribution in [-0.2, 0) is 7.05 Å². The molecule has 0 fully saturated rings. The molecule has 0 atom stereocenters. The minimum Gasteiger partial charge on any atom is -0.289 e. The lowest BCUT2D eigenvalue weighted by molar-refractivity contribution is 0.104. The van der Waals surface area contributed by atoms with E-state index in [-0.39, 0.29) is 11.3 Å². The van der Waals surface area contributed by atoms with E-state index in [2.05, 4.69) is 5.10 Å². The molecule has 0 saturated carbocycles. The van der Waals surface area contributed by atoms with Crippen LogP contribution >= 0.6 is 0 Å². The second kappa shape index (κ2) is 5.55. The summed E-state index contributed by atoms with van der Waals surface area (Å²) in [5, 5.41) is 4.12. The average Bonchev–Trinajstić information content (AvgIpc) is 2.66. The summed E-state index contributed by atoms with van der Waals surface area (Å²) in [4.78, 5) is 12.1. The molecule has 21 heavy (non-hydrogen) atoms. The summed E-state index contributed by atoms with van der Waals surface area (Å²) in [5.74, 6) is -4.45. The van der Waals surface area contributed by atoms with E-state index in [0.717, 1.165) is 12.1 Å². The van der Waals surface area contributed by atoms with E-state index in [9.17, 15) is 18.0 Å². The van der Waals surface area contributed by atoms with Gasteiger partial charge in [-0.2, -0.15) is 5.10 Å². The first-order valence-corrected chi connectivity index (χ1v) is 6.18. The van der Waals surface area contributed by atoms with E-state index in [1.165, 1.54) is 12.2 Å². The van der Waals surface area contributed by atoms with Crippen LogP contribution < -0.4 is 0 Å². The number of hydrogen-bond acceptors (Lipinski definition) is 2. The Morgan fingerprint density at radius 2 is 1.76 bits per heavy atom. The third-order valence-corrected chi connectivity index (χ3v) is 3.19. The molecular formula is C15H13F3N2O. The second-order valence-corrected chi connectivity index (χ2v) is 4.67. The van der Waals surface area contributed by atoms with Gasteiger partial charge < -0.3 is 0 Å². The number of hydrogen-bond donors (Lipinski definition) is 0. The minimum absolute atomic E-state index is 0.0685. The highest BCUT2D eigenvalue weighted by atomic mass is 19.2. The van der Waals surface area contributed by atoms with Crippen LogP contribution in [0.5, 0.6) is 0 Å².